The summed E-state index contributed by atoms with van der Waals surface area (Å²) in [5.74, 6) is 2.13. The van der Waals surface area contributed by atoms with Gasteiger partial charge in [0, 0.05) is 6.54 Å². The minimum atomic E-state index is 0.722. The van der Waals surface area contributed by atoms with Crippen LogP contribution in [0.5, 0.6) is 5.75 Å². The van der Waals surface area contributed by atoms with Crippen LogP contribution >= 0.6 is 0 Å². The average molecular weight is 349 g/mol. The minimum absolute atomic E-state index is 0.722. The van der Waals surface area contributed by atoms with Gasteiger partial charge in [-0.3, -0.25) is 4.90 Å². The molecule has 3 aromatic rings. The van der Waals surface area contributed by atoms with E-state index in [0.717, 1.165) is 37.4 Å². The molecule has 4 rings (SSSR count). The number of benzene rings is 2. The molecule has 1 aliphatic heterocycles. The molecular formula is C22H27N3O. The molecule has 0 spiro atoms. The lowest BCUT2D eigenvalue weighted by Crippen LogP contribution is -2.30. The SMILES string of the molecule is c1ccc(OCCCn2c(CN3CCCCC3)nc3ccccc32)cc1. The first-order chi connectivity index (χ1) is 12.9. The molecule has 1 aliphatic rings. The van der Waals surface area contributed by atoms with Gasteiger partial charge in [-0.25, -0.2) is 4.98 Å². The lowest BCUT2D eigenvalue weighted by Gasteiger charge is -2.26. The van der Waals surface area contributed by atoms with Crippen LogP contribution in [-0.2, 0) is 13.1 Å². The first-order valence-corrected chi connectivity index (χ1v) is 9.74. The number of rotatable bonds is 7. The molecule has 4 heteroatoms. The average Bonchev–Trinajstić information content (AvgIpc) is 3.04. The zero-order valence-electron chi connectivity index (χ0n) is 15.3. The number of fused-ring (bicyclic) bond motifs is 1. The van der Waals surface area contributed by atoms with E-state index in [1.54, 1.807) is 0 Å². The van der Waals surface area contributed by atoms with Crippen LogP contribution in [0.4, 0.5) is 0 Å². The number of likely N-dealkylation sites (tertiary alicyclic amines) is 1. The van der Waals surface area contributed by atoms with Crippen molar-refractivity contribution >= 4 is 11.0 Å². The summed E-state index contributed by atoms with van der Waals surface area (Å²) in [4.78, 5) is 7.47. The van der Waals surface area contributed by atoms with Gasteiger partial charge >= 0.3 is 0 Å². The van der Waals surface area contributed by atoms with E-state index < -0.39 is 0 Å². The van der Waals surface area contributed by atoms with Crippen LogP contribution in [0.25, 0.3) is 11.0 Å². The highest BCUT2D eigenvalue weighted by molar-refractivity contribution is 5.75. The molecule has 0 atom stereocenters. The van der Waals surface area contributed by atoms with Gasteiger partial charge in [-0.15, -0.1) is 0 Å². The quantitative estimate of drug-likeness (QED) is 0.589. The van der Waals surface area contributed by atoms with Crippen molar-refractivity contribution in [3.05, 3.63) is 60.4 Å². The Hall–Kier alpha value is -2.33. The third-order valence-corrected chi connectivity index (χ3v) is 5.09. The number of ether oxygens (including phenoxy) is 1. The van der Waals surface area contributed by atoms with Crippen LogP contribution in [0.15, 0.2) is 54.6 Å². The van der Waals surface area contributed by atoms with Gasteiger partial charge in [0.25, 0.3) is 0 Å². The molecule has 0 saturated carbocycles. The van der Waals surface area contributed by atoms with Crippen molar-refractivity contribution in [2.45, 2.75) is 38.8 Å². The van der Waals surface area contributed by atoms with Crippen LogP contribution in [0.1, 0.15) is 31.5 Å². The van der Waals surface area contributed by atoms with Crippen molar-refractivity contribution in [2.24, 2.45) is 0 Å². The molecule has 0 radical (unpaired) electrons. The highest BCUT2D eigenvalue weighted by Gasteiger charge is 2.16. The van der Waals surface area contributed by atoms with Gasteiger partial charge in [-0.05, 0) is 56.6 Å². The fourth-order valence-corrected chi connectivity index (χ4v) is 3.74. The summed E-state index contributed by atoms with van der Waals surface area (Å²) in [6.07, 6.45) is 4.96. The molecule has 0 amide bonds. The summed E-state index contributed by atoms with van der Waals surface area (Å²) < 4.78 is 8.25. The van der Waals surface area contributed by atoms with E-state index >= 15 is 0 Å². The molecule has 2 aromatic carbocycles. The molecule has 0 bridgehead atoms. The zero-order valence-corrected chi connectivity index (χ0v) is 15.3. The van der Waals surface area contributed by atoms with Crippen LogP contribution in [0, 0.1) is 0 Å². The third-order valence-electron chi connectivity index (χ3n) is 5.09. The van der Waals surface area contributed by atoms with E-state index in [0.29, 0.717) is 0 Å². The summed E-state index contributed by atoms with van der Waals surface area (Å²) in [6.45, 7) is 5.01. The maximum Gasteiger partial charge on any atom is 0.124 e. The molecule has 1 fully saturated rings. The van der Waals surface area contributed by atoms with Crippen LogP contribution in [0.3, 0.4) is 0 Å². The molecule has 1 saturated heterocycles. The highest BCUT2D eigenvalue weighted by Crippen LogP contribution is 2.20. The predicted molar refractivity (Wildman–Crippen MR) is 105 cm³/mol. The number of nitrogens with zero attached hydrogens (tertiary/aromatic N) is 3. The maximum absolute atomic E-state index is 5.86. The summed E-state index contributed by atoms with van der Waals surface area (Å²) in [6, 6.07) is 18.5. The minimum Gasteiger partial charge on any atom is -0.494 e. The van der Waals surface area contributed by atoms with Crippen LogP contribution in [0.2, 0.25) is 0 Å². The predicted octanol–water partition coefficient (Wildman–Crippen LogP) is 4.49. The van der Waals surface area contributed by atoms with E-state index in [-0.39, 0.29) is 0 Å². The Labute approximate surface area is 155 Å². The second-order valence-electron chi connectivity index (χ2n) is 7.02. The van der Waals surface area contributed by atoms with E-state index in [1.165, 1.54) is 43.7 Å². The maximum atomic E-state index is 5.86. The Morgan fingerprint density at radius 1 is 0.885 bits per heavy atom. The summed E-state index contributed by atoms with van der Waals surface area (Å²) in [7, 11) is 0. The number of hydrogen-bond acceptors (Lipinski definition) is 3. The van der Waals surface area contributed by atoms with Gasteiger partial charge in [0.15, 0.2) is 0 Å². The zero-order chi connectivity index (χ0) is 17.6. The molecule has 1 aromatic heterocycles. The Bertz CT molecular complexity index is 822. The van der Waals surface area contributed by atoms with Gasteiger partial charge in [-0.1, -0.05) is 36.8 Å². The monoisotopic (exact) mass is 349 g/mol. The number of imidazole rings is 1. The molecule has 26 heavy (non-hydrogen) atoms. The molecule has 0 aliphatic carbocycles. The lowest BCUT2D eigenvalue weighted by atomic mass is 10.1. The first kappa shape index (κ1) is 17.1. The lowest BCUT2D eigenvalue weighted by molar-refractivity contribution is 0.212. The van der Waals surface area contributed by atoms with Crippen LogP contribution in [-0.4, -0.2) is 34.1 Å². The second kappa shape index (κ2) is 8.37. The Morgan fingerprint density at radius 3 is 2.50 bits per heavy atom. The third kappa shape index (κ3) is 4.07. The largest absolute Gasteiger partial charge is 0.494 e. The van der Waals surface area contributed by atoms with Gasteiger partial charge in [-0.2, -0.15) is 0 Å². The second-order valence-corrected chi connectivity index (χ2v) is 7.02. The fourth-order valence-electron chi connectivity index (χ4n) is 3.74. The number of hydrogen-bond donors (Lipinski definition) is 0. The van der Waals surface area contributed by atoms with E-state index in [2.05, 4.69) is 33.7 Å². The summed E-state index contributed by atoms with van der Waals surface area (Å²) >= 11 is 0. The molecule has 2 heterocycles. The number of para-hydroxylation sites is 3. The van der Waals surface area contributed by atoms with Crippen molar-refractivity contribution in [1.82, 2.24) is 14.5 Å². The molecule has 0 unspecified atom stereocenters. The van der Waals surface area contributed by atoms with Crippen molar-refractivity contribution in [3.63, 3.8) is 0 Å². The molecule has 4 nitrogen and oxygen atoms in total. The fraction of sp³-hybridized carbons (Fsp3) is 0.409. The Balaban J connectivity index is 1.44. The topological polar surface area (TPSA) is 30.3 Å². The van der Waals surface area contributed by atoms with E-state index in [1.807, 2.05) is 30.3 Å². The molecule has 136 valence electrons. The van der Waals surface area contributed by atoms with E-state index in [9.17, 15) is 0 Å². The Morgan fingerprint density at radius 2 is 1.65 bits per heavy atom. The smallest absolute Gasteiger partial charge is 0.124 e. The Kier molecular flexibility index (Phi) is 5.50. The summed E-state index contributed by atoms with van der Waals surface area (Å²) in [5.41, 5.74) is 2.34. The molecular weight excluding hydrogens is 322 g/mol. The highest BCUT2D eigenvalue weighted by atomic mass is 16.5. The van der Waals surface area contributed by atoms with Crippen molar-refractivity contribution in [3.8, 4) is 5.75 Å². The van der Waals surface area contributed by atoms with Gasteiger partial charge in [0.1, 0.15) is 11.6 Å². The van der Waals surface area contributed by atoms with Gasteiger partial charge in [0.2, 0.25) is 0 Å². The standard InChI is InChI=1S/C22H27N3O/c1-3-10-19(11-4-1)26-17-9-16-25-21-13-6-5-12-20(21)23-22(25)18-24-14-7-2-8-15-24/h1,3-6,10-13H,2,7-9,14-18H2. The number of aryl methyl sites for hydroxylation is 1. The number of aromatic nitrogens is 2. The van der Waals surface area contributed by atoms with Gasteiger partial charge < -0.3 is 9.30 Å². The van der Waals surface area contributed by atoms with Crippen molar-refractivity contribution < 1.29 is 4.74 Å². The van der Waals surface area contributed by atoms with E-state index in [4.69, 9.17) is 9.72 Å². The first-order valence-electron chi connectivity index (χ1n) is 9.74. The number of piperidine rings is 1. The van der Waals surface area contributed by atoms with Crippen LogP contribution < -0.4 is 4.74 Å². The normalized spacial score (nSPS) is 15.4. The molecule has 0 N–H and O–H groups in total. The summed E-state index contributed by atoms with van der Waals surface area (Å²) in [5, 5.41) is 0. The van der Waals surface area contributed by atoms with Crippen molar-refractivity contribution in [1.29, 1.82) is 0 Å². The van der Waals surface area contributed by atoms with Crippen molar-refractivity contribution in [2.75, 3.05) is 19.7 Å². The van der Waals surface area contributed by atoms with Gasteiger partial charge in [0.05, 0.1) is 24.2 Å².